The zero-order chi connectivity index (χ0) is 14.8. The van der Waals surface area contributed by atoms with E-state index in [-0.39, 0.29) is 10.8 Å². The predicted octanol–water partition coefficient (Wildman–Crippen LogP) is 4.41. The molecule has 2 aromatic carbocycles. The largest absolute Gasteiger partial charge is 0.316 e. The Morgan fingerprint density at radius 3 is 2.67 bits per heavy atom. The molecule has 1 saturated carbocycles. The Kier molecular flexibility index (Phi) is 4.27. The Morgan fingerprint density at radius 2 is 2.00 bits per heavy atom. The molecule has 1 nitrogen and oxygen atoms in total. The second-order valence-corrected chi connectivity index (χ2v) is 6.17. The summed E-state index contributed by atoms with van der Waals surface area (Å²) < 4.78 is 13.5. The molecule has 21 heavy (non-hydrogen) atoms. The second kappa shape index (κ2) is 6.17. The number of rotatable bonds is 5. The van der Waals surface area contributed by atoms with Gasteiger partial charge in [-0.3, -0.25) is 0 Å². The molecule has 3 unspecified atom stereocenters. The molecule has 0 aromatic heterocycles. The van der Waals surface area contributed by atoms with E-state index < -0.39 is 0 Å². The molecule has 1 N–H and O–H groups in total. The van der Waals surface area contributed by atoms with Crippen LogP contribution in [0, 0.1) is 11.7 Å². The highest BCUT2D eigenvalue weighted by Gasteiger charge is 2.43. The third-order valence-corrected chi connectivity index (χ3v) is 4.70. The van der Waals surface area contributed by atoms with Crippen LogP contribution in [-0.2, 0) is 6.42 Å². The van der Waals surface area contributed by atoms with E-state index in [2.05, 4.69) is 29.6 Å². The van der Waals surface area contributed by atoms with Crippen molar-refractivity contribution in [2.24, 2.45) is 5.92 Å². The van der Waals surface area contributed by atoms with E-state index in [0.717, 1.165) is 12.0 Å². The average Bonchev–Trinajstić information content (AvgIpc) is 3.30. The Balaban J connectivity index is 1.68. The van der Waals surface area contributed by atoms with Gasteiger partial charge in [0, 0.05) is 6.04 Å². The van der Waals surface area contributed by atoms with Gasteiger partial charge in [-0.15, -0.1) is 0 Å². The lowest BCUT2D eigenvalue weighted by Gasteiger charge is -2.17. The Labute approximate surface area is 130 Å². The summed E-state index contributed by atoms with van der Waals surface area (Å²) in [5, 5.41) is 3.58. The van der Waals surface area contributed by atoms with Crippen molar-refractivity contribution in [3.05, 3.63) is 70.5 Å². The van der Waals surface area contributed by atoms with Gasteiger partial charge in [0.1, 0.15) is 5.82 Å². The maximum absolute atomic E-state index is 13.5. The SMILES string of the molecule is CNC(Cc1ccc(Cl)c(F)c1)C1CC1c1ccccc1. The van der Waals surface area contributed by atoms with E-state index in [1.165, 1.54) is 12.0 Å². The molecule has 0 amide bonds. The standard InChI is InChI=1S/C18H19ClFN/c1-21-18(10-12-7-8-16(19)17(20)9-12)15-11-14(15)13-5-3-2-4-6-13/h2-9,14-15,18,21H,10-11H2,1H3. The zero-order valence-electron chi connectivity index (χ0n) is 12.0. The van der Waals surface area contributed by atoms with Gasteiger partial charge in [0.2, 0.25) is 0 Å². The molecule has 0 saturated heterocycles. The van der Waals surface area contributed by atoms with E-state index >= 15 is 0 Å². The Hall–Kier alpha value is -1.38. The van der Waals surface area contributed by atoms with Gasteiger partial charge in [-0.2, -0.15) is 0 Å². The maximum atomic E-state index is 13.5. The van der Waals surface area contributed by atoms with Gasteiger partial charge in [-0.1, -0.05) is 48.0 Å². The number of hydrogen-bond donors (Lipinski definition) is 1. The summed E-state index contributed by atoms with van der Waals surface area (Å²) in [5.74, 6) is 0.913. The molecule has 0 heterocycles. The van der Waals surface area contributed by atoms with Crippen LogP contribution in [0.25, 0.3) is 0 Å². The molecule has 0 radical (unpaired) electrons. The summed E-state index contributed by atoms with van der Waals surface area (Å²) in [4.78, 5) is 0. The quantitative estimate of drug-likeness (QED) is 0.862. The van der Waals surface area contributed by atoms with E-state index in [1.807, 2.05) is 19.2 Å². The highest BCUT2D eigenvalue weighted by atomic mass is 35.5. The first-order valence-electron chi connectivity index (χ1n) is 7.35. The first-order chi connectivity index (χ1) is 10.2. The minimum absolute atomic E-state index is 0.188. The van der Waals surface area contributed by atoms with Gasteiger partial charge in [0.25, 0.3) is 0 Å². The molecule has 0 aliphatic heterocycles. The van der Waals surface area contributed by atoms with Crippen LogP contribution in [0.5, 0.6) is 0 Å². The average molecular weight is 304 g/mol. The van der Waals surface area contributed by atoms with Crippen molar-refractivity contribution in [1.82, 2.24) is 5.32 Å². The molecule has 2 aromatic rings. The van der Waals surface area contributed by atoms with Crippen molar-refractivity contribution in [3.63, 3.8) is 0 Å². The predicted molar refractivity (Wildman–Crippen MR) is 85.3 cm³/mol. The molecule has 1 aliphatic rings. The number of benzene rings is 2. The molecular weight excluding hydrogens is 285 g/mol. The van der Waals surface area contributed by atoms with E-state index in [1.54, 1.807) is 12.1 Å². The lowest BCUT2D eigenvalue weighted by molar-refractivity contribution is 0.489. The number of likely N-dealkylation sites (N-methyl/N-ethyl adjacent to an activating group) is 1. The van der Waals surface area contributed by atoms with E-state index in [4.69, 9.17) is 11.6 Å². The smallest absolute Gasteiger partial charge is 0.142 e. The number of hydrogen-bond acceptors (Lipinski definition) is 1. The van der Waals surface area contributed by atoms with Gasteiger partial charge in [0.15, 0.2) is 0 Å². The summed E-state index contributed by atoms with van der Waals surface area (Å²) in [6.07, 6.45) is 2.03. The lowest BCUT2D eigenvalue weighted by atomic mass is 9.99. The molecule has 3 rings (SSSR count). The van der Waals surface area contributed by atoms with Crippen molar-refractivity contribution in [2.75, 3.05) is 7.05 Å². The molecule has 0 spiro atoms. The molecule has 0 bridgehead atoms. The van der Waals surface area contributed by atoms with Crippen molar-refractivity contribution in [3.8, 4) is 0 Å². The summed E-state index contributed by atoms with van der Waals surface area (Å²) in [6.45, 7) is 0. The summed E-state index contributed by atoms with van der Waals surface area (Å²) in [6, 6.07) is 16.1. The number of nitrogens with one attached hydrogen (secondary N) is 1. The lowest BCUT2D eigenvalue weighted by Crippen LogP contribution is -2.30. The fraction of sp³-hybridized carbons (Fsp3) is 0.333. The zero-order valence-corrected chi connectivity index (χ0v) is 12.8. The normalized spacial score (nSPS) is 22.0. The fourth-order valence-corrected chi connectivity index (χ4v) is 3.25. The summed E-state index contributed by atoms with van der Waals surface area (Å²) >= 11 is 5.74. The van der Waals surface area contributed by atoms with E-state index in [0.29, 0.717) is 17.9 Å². The van der Waals surface area contributed by atoms with Crippen LogP contribution in [0.1, 0.15) is 23.5 Å². The van der Waals surface area contributed by atoms with Crippen molar-refractivity contribution < 1.29 is 4.39 Å². The molecule has 110 valence electrons. The van der Waals surface area contributed by atoms with Gasteiger partial charge in [0.05, 0.1) is 5.02 Å². The van der Waals surface area contributed by atoms with Crippen LogP contribution >= 0.6 is 11.6 Å². The number of halogens is 2. The molecule has 3 atom stereocenters. The first-order valence-corrected chi connectivity index (χ1v) is 7.73. The third kappa shape index (κ3) is 3.28. The van der Waals surface area contributed by atoms with Gasteiger partial charge in [-0.25, -0.2) is 4.39 Å². The monoisotopic (exact) mass is 303 g/mol. The maximum Gasteiger partial charge on any atom is 0.142 e. The Morgan fingerprint density at radius 1 is 1.24 bits per heavy atom. The van der Waals surface area contributed by atoms with Crippen LogP contribution in [0.4, 0.5) is 4.39 Å². The second-order valence-electron chi connectivity index (χ2n) is 5.76. The minimum Gasteiger partial charge on any atom is -0.316 e. The van der Waals surface area contributed by atoms with Crippen LogP contribution in [0.3, 0.4) is 0 Å². The fourth-order valence-electron chi connectivity index (χ4n) is 3.13. The molecular formula is C18H19ClFN. The van der Waals surface area contributed by atoms with E-state index in [9.17, 15) is 4.39 Å². The van der Waals surface area contributed by atoms with Crippen LogP contribution < -0.4 is 5.32 Å². The van der Waals surface area contributed by atoms with Crippen molar-refractivity contribution in [2.45, 2.75) is 24.8 Å². The minimum atomic E-state index is -0.334. The highest BCUT2D eigenvalue weighted by Crippen LogP contribution is 2.50. The van der Waals surface area contributed by atoms with Crippen molar-refractivity contribution >= 4 is 11.6 Å². The molecule has 1 fully saturated rings. The third-order valence-electron chi connectivity index (χ3n) is 4.39. The highest BCUT2D eigenvalue weighted by molar-refractivity contribution is 6.30. The summed E-state index contributed by atoms with van der Waals surface area (Å²) in [5.41, 5.74) is 2.40. The molecule has 3 heteroatoms. The Bertz CT molecular complexity index is 614. The van der Waals surface area contributed by atoms with Crippen LogP contribution in [0.2, 0.25) is 5.02 Å². The van der Waals surface area contributed by atoms with Crippen LogP contribution in [0.15, 0.2) is 48.5 Å². The van der Waals surface area contributed by atoms with Crippen molar-refractivity contribution in [1.29, 1.82) is 0 Å². The molecule has 1 aliphatic carbocycles. The van der Waals surface area contributed by atoms with Gasteiger partial charge < -0.3 is 5.32 Å². The van der Waals surface area contributed by atoms with Crippen LogP contribution in [-0.4, -0.2) is 13.1 Å². The summed E-state index contributed by atoms with van der Waals surface area (Å²) in [7, 11) is 1.98. The van der Waals surface area contributed by atoms with Gasteiger partial charge >= 0.3 is 0 Å². The first kappa shape index (κ1) is 14.6. The topological polar surface area (TPSA) is 12.0 Å². The van der Waals surface area contributed by atoms with Gasteiger partial charge in [-0.05, 0) is 55.0 Å².